The van der Waals surface area contributed by atoms with Crippen molar-refractivity contribution in [3.05, 3.63) is 0 Å². The van der Waals surface area contributed by atoms with Gasteiger partial charge in [-0.05, 0) is 40.0 Å². The Labute approximate surface area is 97.5 Å². The van der Waals surface area contributed by atoms with Crippen molar-refractivity contribution in [1.29, 1.82) is 0 Å². The summed E-state index contributed by atoms with van der Waals surface area (Å²) >= 11 is 0. The molecule has 3 unspecified atom stereocenters. The molecule has 1 rings (SSSR count). The van der Waals surface area contributed by atoms with Gasteiger partial charge < -0.3 is 15.2 Å². The van der Waals surface area contributed by atoms with Gasteiger partial charge in [-0.15, -0.1) is 0 Å². The fourth-order valence-electron chi connectivity index (χ4n) is 2.09. The van der Waals surface area contributed by atoms with Crippen molar-refractivity contribution in [2.45, 2.75) is 52.2 Å². The highest BCUT2D eigenvalue weighted by molar-refractivity contribution is 5.76. The van der Waals surface area contributed by atoms with Crippen LogP contribution in [0.3, 0.4) is 0 Å². The van der Waals surface area contributed by atoms with Crippen LogP contribution in [-0.4, -0.2) is 31.3 Å². The zero-order valence-electron chi connectivity index (χ0n) is 10.5. The van der Waals surface area contributed by atoms with E-state index in [1.54, 1.807) is 0 Å². The molecule has 1 aliphatic heterocycles. The standard InChI is InChI=1S/C12H23NO3/c1-4-15-11(14)12(3,8-13)7-10-6-5-9(2)16-10/h9-10H,4-8,13H2,1-3H3. The maximum atomic E-state index is 11.8. The number of hydrogen-bond acceptors (Lipinski definition) is 4. The van der Waals surface area contributed by atoms with Crippen molar-refractivity contribution in [2.24, 2.45) is 11.1 Å². The molecule has 1 heterocycles. The minimum absolute atomic E-state index is 0.146. The second kappa shape index (κ2) is 5.64. The smallest absolute Gasteiger partial charge is 0.313 e. The highest BCUT2D eigenvalue weighted by Gasteiger charge is 2.38. The summed E-state index contributed by atoms with van der Waals surface area (Å²) in [6.07, 6.45) is 3.18. The second-order valence-electron chi connectivity index (χ2n) is 4.84. The van der Waals surface area contributed by atoms with Gasteiger partial charge >= 0.3 is 5.97 Å². The molecule has 0 saturated carbocycles. The lowest BCUT2D eigenvalue weighted by molar-refractivity contribution is -0.156. The van der Waals surface area contributed by atoms with Crippen LogP contribution >= 0.6 is 0 Å². The fourth-order valence-corrected chi connectivity index (χ4v) is 2.09. The van der Waals surface area contributed by atoms with Crippen molar-refractivity contribution in [2.75, 3.05) is 13.2 Å². The molecule has 2 N–H and O–H groups in total. The third-order valence-corrected chi connectivity index (χ3v) is 3.22. The molecule has 0 spiro atoms. The van der Waals surface area contributed by atoms with E-state index in [0.717, 1.165) is 12.8 Å². The summed E-state index contributed by atoms with van der Waals surface area (Å²) in [6.45, 7) is 6.43. The van der Waals surface area contributed by atoms with Crippen LogP contribution in [0, 0.1) is 5.41 Å². The predicted molar refractivity (Wildman–Crippen MR) is 62.0 cm³/mol. The van der Waals surface area contributed by atoms with E-state index in [1.165, 1.54) is 0 Å². The van der Waals surface area contributed by atoms with Gasteiger partial charge in [-0.1, -0.05) is 0 Å². The molecule has 4 nitrogen and oxygen atoms in total. The van der Waals surface area contributed by atoms with E-state index in [0.29, 0.717) is 25.7 Å². The molecule has 94 valence electrons. The molecular weight excluding hydrogens is 206 g/mol. The van der Waals surface area contributed by atoms with Crippen molar-refractivity contribution >= 4 is 5.97 Å². The third-order valence-electron chi connectivity index (χ3n) is 3.22. The first-order valence-electron chi connectivity index (χ1n) is 6.04. The summed E-state index contributed by atoms with van der Waals surface area (Å²) in [5.74, 6) is -0.208. The zero-order chi connectivity index (χ0) is 12.2. The topological polar surface area (TPSA) is 61.5 Å². The van der Waals surface area contributed by atoms with E-state index in [-0.39, 0.29) is 12.1 Å². The Hall–Kier alpha value is -0.610. The first kappa shape index (κ1) is 13.5. The Morgan fingerprint density at radius 2 is 2.25 bits per heavy atom. The van der Waals surface area contributed by atoms with E-state index in [2.05, 4.69) is 6.92 Å². The monoisotopic (exact) mass is 229 g/mol. The van der Waals surface area contributed by atoms with Crippen molar-refractivity contribution in [1.82, 2.24) is 0 Å². The molecule has 1 aliphatic rings. The van der Waals surface area contributed by atoms with Crippen molar-refractivity contribution in [3.8, 4) is 0 Å². The van der Waals surface area contributed by atoms with Crippen LogP contribution < -0.4 is 5.73 Å². The molecule has 0 aromatic heterocycles. The molecule has 0 radical (unpaired) electrons. The summed E-state index contributed by atoms with van der Waals surface area (Å²) in [6, 6.07) is 0. The molecular formula is C12H23NO3. The van der Waals surface area contributed by atoms with Gasteiger partial charge in [0.1, 0.15) is 0 Å². The summed E-state index contributed by atoms with van der Waals surface area (Å²) in [4.78, 5) is 11.8. The van der Waals surface area contributed by atoms with E-state index in [9.17, 15) is 4.79 Å². The zero-order valence-corrected chi connectivity index (χ0v) is 10.5. The lowest BCUT2D eigenvalue weighted by Gasteiger charge is -2.28. The van der Waals surface area contributed by atoms with Gasteiger partial charge in [0.15, 0.2) is 0 Å². The van der Waals surface area contributed by atoms with E-state index in [1.807, 2.05) is 13.8 Å². The molecule has 1 fully saturated rings. The first-order chi connectivity index (χ1) is 7.51. The van der Waals surface area contributed by atoms with Gasteiger partial charge in [-0.25, -0.2) is 0 Å². The fraction of sp³-hybridized carbons (Fsp3) is 0.917. The van der Waals surface area contributed by atoms with Crippen LogP contribution in [0.1, 0.15) is 40.0 Å². The van der Waals surface area contributed by atoms with Crippen molar-refractivity contribution < 1.29 is 14.3 Å². The highest BCUT2D eigenvalue weighted by Crippen LogP contribution is 2.31. The normalized spacial score (nSPS) is 28.8. The number of carbonyl (C=O) groups is 1. The maximum absolute atomic E-state index is 11.8. The number of carbonyl (C=O) groups excluding carboxylic acids is 1. The Morgan fingerprint density at radius 3 is 2.69 bits per heavy atom. The SMILES string of the molecule is CCOC(=O)C(C)(CN)CC1CCC(C)O1. The number of esters is 1. The van der Waals surface area contributed by atoms with Gasteiger partial charge in [0.2, 0.25) is 0 Å². The first-order valence-corrected chi connectivity index (χ1v) is 6.04. The average molecular weight is 229 g/mol. The molecule has 4 heteroatoms. The lowest BCUT2D eigenvalue weighted by atomic mass is 9.84. The second-order valence-corrected chi connectivity index (χ2v) is 4.84. The highest BCUT2D eigenvalue weighted by atomic mass is 16.5. The Morgan fingerprint density at radius 1 is 1.56 bits per heavy atom. The molecule has 0 amide bonds. The molecule has 3 atom stereocenters. The largest absolute Gasteiger partial charge is 0.466 e. The molecule has 1 saturated heterocycles. The lowest BCUT2D eigenvalue weighted by Crippen LogP contribution is -2.40. The van der Waals surface area contributed by atoms with Gasteiger partial charge in [0.25, 0.3) is 0 Å². The van der Waals surface area contributed by atoms with Crippen molar-refractivity contribution in [3.63, 3.8) is 0 Å². The summed E-state index contributed by atoms with van der Waals surface area (Å²) in [5, 5.41) is 0. The molecule has 0 aromatic rings. The predicted octanol–water partition coefficient (Wildman–Crippen LogP) is 1.47. The number of nitrogens with two attached hydrogens (primary N) is 1. The Kier molecular flexibility index (Phi) is 4.74. The Bertz CT molecular complexity index is 244. The maximum Gasteiger partial charge on any atom is 0.313 e. The number of rotatable bonds is 5. The van der Waals surface area contributed by atoms with Gasteiger partial charge in [0, 0.05) is 6.54 Å². The van der Waals surface area contributed by atoms with Crippen LogP contribution in [0.4, 0.5) is 0 Å². The van der Waals surface area contributed by atoms with Crippen LogP contribution in [0.2, 0.25) is 0 Å². The average Bonchev–Trinajstić information content (AvgIpc) is 2.64. The van der Waals surface area contributed by atoms with Crippen LogP contribution in [0.25, 0.3) is 0 Å². The molecule has 16 heavy (non-hydrogen) atoms. The van der Waals surface area contributed by atoms with Gasteiger partial charge in [-0.2, -0.15) is 0 Å². The van der Waals surface area contributed by atoms with Gasteiger partial charge in [-0.3, -0.25) is 4.79 Å². The summed E-state index contributed by atoms with van der Waals surface area (Å²) in [5.41, 5.74) is 5.09. The minimum atomic E-state index is -0.606. The quantitative estimate of drug-likeness (QED) is 0.725. The number of ether oxygens (including phenoxy) is 2. The van der Waals surface area contributed by atoms with E-state index in [4.69, 9.17) is 15.2 Å². The third kappa shape index (κ3) is 3.19. The minimum Gasteiger partial charge on any atom is -0.466 e. The van der Waals surface area contributed by atoms with E-state index < -0.39 is 5.41 Å². The molecule has 0 bridgehead atoms. The van der Waals surface area contributed by atoms with Crippen LogP contribution in [0.15, 0.2) is 0 Å². The van der Waals surface area contributed by atoms with Gasteiger partial charge in [0.05, 0.1) is 24.2 Å². The molecule has 0 aromatic carbocycles. The summed E-state index contributed by atoms with van der Waals surface area (Å²) in [7, 11) is 0. The Balaban J connectivity index is 2.55. The summed E-state index contributed by atoms with van der Waals surface area (Å²) < 4.78 is 10.8. The van der Waals surface area contributed by atoms with E-state index >= 15 is 0 Å². The molecule has 0 aliphatic carbocycles. The van der Waals surface area contributed by atoms with Crippen LogP contribution in [0.5, 0.6) is 0 Å². The number of hydrogen-bond donors (Lipinski definition) is 1. The van der Waals surface area contributed by atoms with Crippen LogP contribution in [-0.2, 0) is 14.3 Å².